The van der Waals surface area contributed by atoms with Gasteiger partial charge in [0.15, 0.2) is 0 Å². The Kier molecular flexibility index (Phi) is 12.7. The molecule has 0 aromatic heterocycles. The summed E-state index contributed by atoms with van der Waals surface area (Å²) in [6.45, 7) is 7.74. The first kappa shape index (κ1) is 27.7. The van der Waals surface area contributed by atoms with Gasteiger partial charge in [0.1, 0.15) is 5.60 Å². The van der Waals surface area contributed by atoms with E-state index >= 15 is 0 Å². The first-order valence-electron chi connectivity index (χ1n) is 12.0. The highest BCUT2D eigenvalue weighted by molar-refractivity contribution is 5.91. The molecule has 6 heteroatoms. The van der Waals surface area contributed by atoms with Crippen molar-refractivity contribution in [2.45, 2.75) is 104 Å². The monoisotopic (exact) mass is 447 g/mol. The molecule has 1 aromatic carbocycles. The van der Waals surface area contributed by atoms with Gasteiger partial charge in [0, 0.05) is 13.0 Å². The molecule has 0 saturated carbocycles. The number of amides is 2. The number of imide groups is 1. The van der Waals surface area contributed by atoms with Gasteiger partial charge in [-0.2, -0.15) is 0 Å². The average molecular weight is 448 g/mol. The van der Waals surface area contributed by atoms with Gasteiger partial charge in [-0.3, -0.25) is 4.79 Å². The molecular weight excluding hydrogens is 406 g/mol. The van der Waals surface area contributed by atoms with E-state index in [4.69, 9.17) is 9.84 Å². The zero-order valence-electron chi connectivity index (χ0n) is 20.3. The number of aryl methyl sites for hydroxylation is 1. The molecule has 0 aliphatic heterocycles. The quantitative estimate of drug-likeness (QED) is 0.256. The number of carbonyl (C=O) groups excluding carboxylic acids is 2. The summed E-state index contributed by atoms with van der Waals surface area (Å²) in [6, 6.07) is 7.69. The van der Waals surface area contributed by atoms with E-state index in [-0.39, 0.29) is 18.4 Å². The van der Waals surface area contributed by atoms with Gasteiger partial charge >= 0.3 is 12.1 Å². The second-order valence-corrected chi connectivity index (χ2v) is 9.36. The fourth-order valence-corrected chi connectivity index (χ4v) is 3.50. The molecule has 0 aliphatic rings. The average Bonchev–Trinajstić information content (AvgIpc) is 2.72. The van der Waals surface area contributed by atoms with Crippen LogP contribution in [0.25, 0.3) is 0 Å². The summed E-state index contributed by atoms with van der Waals surface area (Å²) in [6.07, 6.45) is 9.47. The molecule has 0 heterocycles. The smallest absolute Gasteiger partial charge is 0.414 e. The maximum atomic E-state index is 12.1. The van der Waals surface area contributed by atoms with Crippen LogP contribution in [-0.2, 0) is 16.0 Å². The molecule has 2 amide bonds. The molecular formula is C26H41NO5. The third-order valence-electron chi connectivity index (χ3n) is 5.17. The Hall–Kier alpha value is -2.37. The second kappa shape index (κ2) is 14.6. The predicted octanol–water partition coefficient (Wildman–Crippen LogP) is 6.61. The summed E-state index contributed by atoms with van der Waals surface area (Å²) in [5, 5.41) is 9.05. The van der Waals surface area contributed by atoms with E-state index in [2.05, 4.69) is 0 Å². The molecule has 0 spiro atoms. The number of unbranched alkanes of at least 4 members (excludes halogenated alkanes) is 7. The molecule has 1 rings (SSSR count). The van der Waals surface area contributed by atoms with Crippen LogP contribution >= 0.6 is 0 Å². The Morgan fingerprint density at radius 2 is 1.41 bits per heavy atom. The van der Waals surface area contributed by atoms with Gasteiger partial charge in [0.05, 0.1) is 5.56 Å². The SMILES string of the molecule is CCCN(C(=O)O)C(=O)CCCCCCCCCCc1ccc(C(=O)OC(C)(C)C)cc1. The molecule has 0 bridgehead atoms. The third-order valence-corrected chi connectivity index (χ3v) is 5.17. The van der Waals surface area contributed by atoms with Crippen LogP contribution in [0.1, 0.15) is 108 Å². The zero-order chi connectivity index (χ0) is 24.0. The maximum Gasteiger partial charge on any atom is 0.414 e. The Labute approximate surface area is 193 Å². The first-order chi connectivity index (χ1) is 15.1. The van der Waals surface area contributed by atoms with Gasteiger partial charge in [-0.05, 0) is 64.2 Å². The fourth-order valence-electron chi connectivity index (χ4n) is 3.50. The van der Waals surface area contributed by atoms with E-state index in [9.17, 15) is 14.4 Å². The molecule has 0 atom stereocenters. The number of benzene rings is 1. The molecule has 1 aromatic rings. The number of hydrogen-bond acceptors (Lipinski definition) is 4. The Morgan fingerprint density at radius 1 is 0.875 bits per heavy atom. The number of rotatable bonds is 14. The first-order valence-corrected chi connectivity index (χ1v) is 12.0. The van der Waals surface area contributed by atoms with Crippen LogP contribution in [0.3, 0.4) is 0 Å². The minimum absolute atomic E-state index is 0.279. The van der Waals surface area contributed by atoms with Crippen LogP contribution < -0.4 is 0 Å². The normalized spacial score (nSPS) is 11.2. The van der Waals surface area contributed by atoms with Gasteiger partial charge in [-0.1, -0.05) is 57.6 Å². The largest absolute Gasteiger partial charge is 0.465 e. The minimum atomic E-state index is -1.14. The Balaban J connectivity index is 2.09. The van der Waals surface area contributed by atoms with Crippen molar-refractivity contribution < 1.29 is 24.2 Å². The number of carboxylic acid groups (broad SMARTS) is 1. The van der Waals surface area contributed by atoms with Crippen LogP contribution in [0.2, 0.25) is 0 Å². The molecule has 32 heavy (non-hydrogen) atoms. The van der Waals surface area contributed by atoms with Crippen molar-refractivity contribution in [2.75, 3.05) is 6.54 Å². The van der Waals surface area contributed by atoms with Crippen molar-refractivity contribution in [3.63, 3.8) is 0 Å². The van der Waals surface area contributed by atoms with Gasteiger partial charge in [0.2, 0.25) is 5.91 Å². The van der Waals surface area contributed by atoms with Gasteiger partial charge in [-0.25, -0.2) is 14.5 Å². The molecule has 0 aliphatic carbocycles. The van der Waals surface area contributed by atoms with Gasteiger partial charge in [-0.15, -0.1) is 0 Å². The summed E-state index contributed by atoms with van der Waals surface area (Å²) < 4.78 is 5.38. The van der Waals surface area contributed by atoms with E-state index in [0.29, 0.717) is 18.4 Å². The summed E-state index contributed by atoms with van der Waals surface area (Å²) in [5.41, 5.74) is 1.34. The second-order valence-electron chi connectivity index (χ2n) is 9.36. The summed E-state index contributed by atoms with van der Waals surface area (Å²) in [5.74, 6) is -0.563. The Morgan fingerprint density at radius 3 is 1.91 bits per heavy atom. The molecule has 0 fully saturated rings. The lowest BCUT2D eigenvalue weighted by molar-refractivity contribution is -0.129. The molecule has 6 nitrogen and oxygen atoms in total. The molecule has 0 saturated heterocycles. The molecule has 180 valence electrons. The van der Waals surface area contributed by atoms with Crippen LogP contribution in [-0.4, -0.2) is 40.1 Å². The number of esters is 1. The van der Waals surface area contributed by atoms with E-state index in [1.165, 1.54) is 24.8 Å². The number of nitrogens with zero attached hydrogens (tertiary/aromatic N) is 1. The fraction of sp³-hybridized carbons (Fsp3) is 0.654. The maximum absolute atomic E-state index is 12.1. The number of hydrogen-bond donors (Lipinski definition) is 1. The third kappa shape index (κ3) is 11.9. The number of ether oxygens (including phenoxy) is 1. The van der Waals surface area contributed by atoms with E-state index in [0.717, 1.165) is 43.4 Å². The van der Waals surface area contributed by atoms with E-state index in [1.54, 1.807) is 0 Å². The molecule has 1 N–H and O–H groups in total. The van der Waals surface area contributed by atoms with Crippen molar-refractivity contribution in [3.8, 4) is 0 Å². The summed E-state index contributed by atoms with van der Waals surface area (Å²) in [4.78, 5) is 36.0. The topological polar surface area (TPSA) is 83.9 Å². The highest BCUT2D eigenvalue weighted by Gasteiger charge is 2.19. The van der Waals surface area contributed by atoms with Crippen LogP contribution in [0.5, 0.6) is 0 Å². The lowest BCUT2D eigenvalue weighted by Gasteiger charge is -2.19. The van der Waals surface area contributed by atoms with Crippen molar-refractivity contribution in [1.82, 2.24) is 4.90 Å². The van der Waals surface area contributed by atoms with Crippen molar-refractivity contribution in [3.05, 3.63) is 35.4 Å². The zero-order valence-corrected chi connectivity index (χ0v) is 20.3. The lowest BCUT2D eigenvalue weighted by Crippen LogP contribution is -2.36. The summed E-state index contributed by atoms with van der Waals surface area (Å²) >= 11 is 0. The van der Waals surface area contributed by atoms with Crippen molar-refractivity contribution in [2.24, 2.45) is 0 Å². The minimum Gasteiger partial charge on any atom is -0.465 e. The number of carbonyl (C=O) groups is 3. The highest BCUT2D eigenvalue weighted by Crippen LogP contribution is 2.15. The molecule has 0 unspecified atom stereocenters. The van der Waals surface area contributed by atoms with Crippen LogP contribution in [0.15, 0.2) is 24.3 Å². The predicted molar refractivity (Wildman–Crippen MR) is 127 cm³/mol. The van der Waals surface area contributed by atoms with Crippen LogP contribution in [0.4, 0.5) is 4.79 Å². The highest BCUT2D eigenvalue weighted by atomic mass is 16.6. The van der Waals surface area contributed by atoms with Gasteiger partial charge < -0.3 is 9.84 Å². The standard InChI is InChI=1S/C26H41NO5/c1-5-20-27(25(30)31)23(28)15-13-11-9-7-6-8-10-12-14-21-16-18-22(19-17-21)24(29)32-26(2,3)4/h16-19H,5-15,20H2,1-4H3,(H,30,31). The van der Waals surface area contributed by atoms with E-state index < -0.39 is 11.7 Å². The van der Waals surface area contributed by atoms with Gasteiger partial charge in [0.25, 0.3) is 0 Å². The molecule has 0 radical (unpaired) electrons. The Bertz CT molecular complexity index is 706. The van der Waals surface area contributed by atoms with E-state index in [1.807, 2.05) is 52.0 Å². The summed E-state index contributed by atoms with van der Waals surface area (Å²) in [7, 11) is 0. The van der Waals surface area contributed by atoms with Crippen molar-refractivity contribution >= 4 is 18.0 Å². The lowest BCUT2D eigenvalue weighted by atomic mass is 10.0. The van der Waals surface area contributed by atoms with Crippen LogP contribution in [0, 0.1) is 0 Å². The van der Waals surface area contributed by atoms with Crippen molar-refractivity contribution in [1.29, 1.82) is 0 Å².